The molecule has 0 bridgehead atoms. The lowest BCUT2D eigenvalue weighted by molar-refractivity contribution is 0.0680. The Kier molecular flexibility index (Phi) is 5.36. The number of aromatic carboxylic acids is 1. The van der Waals surface area contributed by atoms with Gasteiger partial charge >= 0.3 is 11.9 Å². The van der Waals surface area contributed by atoms with Crippen LogP contribution in [0.4, 0.5) is 0 Å². The first-order valence-electron chi connectivity index (χ1n) is 7.25. The third-order valence-electron chi connectivity index (χ3n) is 3.00. The molecular weight excluding hydrogens is 296 g/mol. The van der Waals surface area contributed by atoms with Crippen LogP contribution in [0.5, 0.6) is 11.5 Å². The largest absolute Gasteiger partial charge is 0.492 e. The number of rotatable bonds is 6. The SMILES string of the molecule is CC(C)COc1ccccc1C(=O)Oc1ccccc1C(=O)O. The van der Waals surface area contributed by atoms with E-state index in [9.17, 15) is 9.59 Å². The predicted molar refractivity (Wildman–Crippen MR) is 85.1 cm³/mol. The van der Waals surface area contributed by atoms with Gasteiger partial charge in [0.1, 0.15) is 22.6 Å². The lowest BCUT2D eigenvalue weighted by atomic mass is 10.2. The first-order chi connectivity index (χ1) is 11.0. The number of carboxylic acids is 1. The molecule has 5 heteroatoms. The molecule has 1 N–H and O–H groups in total. The quantitative estimate of drug-likeness (QED) is 0.651. The molecule has 0 unspecified atom stereocenters. The summed E-state index contributed by atoms with van der Waals surface area (Å²) in [5, 5.41) is 9.13. The van der Waals surface area contributed by atoms with Crippen molar-refractivity contribution >= 4 is 11.9 Å². The summed E-state index contributed by atoms with van der Waals surface area (Å²) in [5.74, 6) is -1.08. The zero-order valence-corrected chi connectivity index (χ0v) is 13.0. The number of carbonyl (C=O) groups is 2. The maximum atomic E-state index is 12.4. The van der Waals surface area contributed by atoms with Gasteiger partial charge in [0.05, 0.1) is 6.61 Å². The van der Waals surface area contributed by atoms with E-state index < -0.39 is 11.9 Å². The van der Waals surface area contributed by atoms with Crippen LogP contribution < -0.4 is 9.47 Å². The van der Waals surface area contributed by atoms with Crippen LogP contribution in [-0.2, 0) is 0 Å². The molecule has 0 fully saturated rings. The topological polar surface area (TPSA) is 72.8 Å². The van der Waals surface area contributed by atoms with Crippen molar-refractivity contribution in [3.63, 3.8) is 0 Å². The van der Waals surface area contributed by atoms with Gasteiger partial charge in [-0.3, -0.25) is 0 Å². The van der Waals surface area contributed by atoms with E-state index in [2.05, 4.69) is 0 Å². The molecule has 23 heavy (non-hydrogen) atoms. The molecule has 0 aromatic heterocycles. The van der Waals surface area contributed by atoms with Crippen LogP contribution in [-0.4, -0.2) is 23.7 Å². The Bertz CT molecular complexity index is 706. The van der Waals surface area contributed by atoms with E-state index >= 15 is 0 Å². The molecule has 0 aliphatic rings. The molecule has 0 saturated carbocycles. The fourth-order valence-electron chi connectivity index (χ4n) is 1.90. The van der Waals surface area contributed by atoms with Crippen molar-refractivity contribution in [1.82, 2.24) is 0 Å². The average molecular weight is 314 g/mol. The first kappa shape index (κ1) is 16.5. The summed E-state index contributed by atoms with van der Waals surface area (Å²) in [6.45, 7) is 4.48. The van der Waals surface area contributed by atoms with Gasteiger partial charge in [0.2, 0.25) is 0 Å². The summed E-state index contributed by atoms with van der Waals surface area (Å²) in [6.07, 6.45) is 0. The molecule has 0 radical (unpaired) electrons. The van der Waals surface area contributed by atoms with Crippen LogP contribution in [0.2, 0.25) is 0 Å². The Morgan fingerprint density at radius 1 is 0.957 bits per heavy atom. The normalized spacial score (nSPS) is 10.4. The van der Waals surface area contributed by atoms with Crippen LogP contribution >= 0.6 is 0 Å². The highest BCUT2D eigenvalue weighted by atomic mass is 16.5. The Hall–Kier alpha value is -2.82. The van der Waals surface area contributed by atoms with Crippen molar-refractivity contribution in [1.29, 1.82) is 0 Å². The summed E-state index contributed by atoms with van der Waals surface area (Å²) in [6, 6.07) is 12.7. The number of hydrogen-bond donors (Lipinski definition) is 1. The summed E-state index contributed by atoms with van der Waals surface area (Å²) < 4.78 is 10.9. The van der Waals surface area contributed by atoms with Crippen LogP contribution in [0.1, 0.15) is 34.6 Å². The Labute approximate surface area is 134 Å². The molecule has 0 saturated heterocycles. The van der Waals surface area contributed by atoms with Crippen molar-refractivity contribution in [3.05, 3.63) is 59.7 Å². The second kappa shape index (κ2) is 7.45. The van der Waals surface area contributed by atoms with Gasteiger partial charge in [-0.15, -0.1) is 0 Å². The molecule has 0 aliphatic carbocycles. The predicted octanol–water partition coefficient (Wildman–Crippen LogP) is 3.64. The van der Waals surface area contributed by atoms with E-state index in [1.807, 2.05) is 13.8 Å². The summed E-state index contributed by atoms with van der Waals surface area (Å²) in [5.41, 5.74) is 0.190. The average Bonchev–Trinajstić information content (AvgIpc) is 2.53. The molecule has 2 aromatic carbocycles. The summed E-state index contributed by atoms with van der Waals surface area (Å²) >= 11 is 0. The minimum atomic E-state index is -1.15. The van der Waals surface area contributed by atoms with Crippen LogP contribution in [0.3, 0.4) is 0 Å². The fourth-order valence-corrected chi connectivity index (χ4v) is 1.90. The number of esters is 1. The van der Waals surface area contributed by atoms with E-state index in [1.54, 1.807) is 36.4 Å². The van der Waals surface area contributed by atoms with E-state index in [1.165, 1.54) is 12.1 Å². The molecule has 120 valence electrons. The lowest BCUT2D eigenvalue weighted by Gasteiger charge is -2.13. The number of hydrogen-bond acceptors (Lipinski definition) is 4. The maximum absolute atomic E-state index is 12.4. The zero-order chi connectivity index (χ0) is 16.8. The highest BCUT2D eigenvalue weighted by Gasteiger charge is 2.18. The number of ether oxygens (including phenoxy) is 2. The number of carboxylic acid groups (broad SMARTS) is 1. The Morgan fingerprint density at radius 2 is 1.52 bits per heavy atom. The Morgan fingerprint density at radius 3 is 2.13 bits per heavy atom. The smallest absolute Gasteiger partial charge is 0.347 e. The second-order valence-corrected chi connectivity index (χ2v) is 5.39. The van der Waals surface area contributed by atoms with Gasteiger partial charge in [0.25, 0.3) is 0 Å². The summed E-state index contributed by atoms with van der Waals surface area (Å²) in [7, 11) is 0. The van der Waals surface area contributed by atoms with Crippen LogP contribution in [0.15, 0.2) is 48.5 Å². The van der Waals surface area contributed by atoms with Gasteiger partial charge in [0, 0.05) is 0 Å². The van der Waals surface area contributed by atoms with Crippen molar-refractivity contribution in [2.45, 2.75) is 13.8 Å². The van der Waals surface area contributed by atoms with Crippen molar-refractivity contribution in [3.8, 4) is 11.5 Å². The van der Waals surface area contributed by atoms with Gasteiger partial charge in [-0.05, 0) is 30.2 Å². The van der Waals surface area contributed by atoms with Crippen molar-refractivity contribution in [2.75, 3.05) is 6.61 Å². The van der Waals surface area contributed by atoms with Gasteiger partial charge in [-0.2, -0.15) is 0 Å². The highest BCUT2D eigenvalue weighted by molar-refractivity contribution is 5.96. The molecule has 5 nitrogen and oxygen atoms in total. The van der Waals surface area contributed by atoms with Crippen LogP contribution in [0.25, 0.3) is 0 Å². The highest BCUT2D eigenvalue weighted by Crippen LogP contribution is 2.23. The van der Waals surface area contributed by atoms with Crippen molar-refractivity contribution in [2.24, 2.45) is 5.92 Å². The molecule has 0 heterocycles. The molecule has 2 rings (SSSR count). The zero-order valence-electron chi connectivity index (χ0n) is 13.0. The van der Waals surface area contributed by atoms with Gasteiger partial charge in [-0.1, -0.05) is 38.1 Å². The molecule has 0 atom stereocenters. The molecule has 0 spiro atoms. The van der Waals surface area contributed by atoms with E-state index in [0.29, 0.717) is 18.3 Å². The minimum absolute atomic E-state index is 0.00339. The fraction of sp³-hybridized carbons (Fsp3) is 0.222. The molecular formula is C18H18O5. The van der Waals surface area contributed by atoms with Gasteiger partial charge < -0.3 is 14.6 Å². The van der Waals surface area contributed by atoms with E-state index in [0.717, 1.165) is 0 Å². The number of benzene rings is 2. The first-order valence-corrected chi connectivity index (χ1v) is 7.25. The number of carbonyl (C=O) groups excluding carboxylic acids is 1. The Balaban J connectivity index is 2.23. The summed E-state index contributed by atoms with van der Waals surface area (Å²) in [4.78, 5) is 23.5. The standard InChI is InChI=1S/C18H18O5/c1-12(2)11-22-15-9-5-4-8-14(15)18(21)23-16-10-6-3-7-13(16)17(19)20/h3-10,12H,11H2,1-2H3,(H,19,20). The third-order valence-corrected chi connectivity index (χ3v) is 3.00. The van der Waals surface area contributed by atoms with Crippen LogP contribution in [0, 0.1) is 5.92 Å². The van der Waals surface area contributed by atoms with Crippen molar-refractivity contribution < 1.29 is 24.2 Å². The van der Waals surface area contributed by atoms with E-state index in [4.69, 9.17) is 14.6 Å². The molecule has 0 amide bonds. The number of para-hydroxylation sites is 2. The third kappa shape index (κ3) is 4.32. The lowest BCUT2D eigenvalue weighted by Crippen LogP contribution is -2.14. The maximum Gasteiger partial charge on any atom is 0.347 e. The molecule has 2 aromatic rings. The van der Waals surface area contributed by atoms with Gasteiger partial charge in [-0.25, -0.2) is 9.59 Å². The van der Waals surface area contributed by atoms with E-state index in [-0.39, 0.29) is 16.9 Å². The second-order valence-electron chi connectivity index (χ2n) is 5.39. The molecule has 0 aliphatic heterocycles. The monoisotopic (exact) mass is 314 g/mol. The van der Waals surface area contributed by atoms with Gasteiger partial charge in [0.15, 0.2) is 0 Å². The minimum Gasteiger partial charge on any atom is -0.492 e.